The average molecular weight is 488 g/mol. The summed E-state index contributed by atoms with van der Waals surface area (Å²) in [4.78, 5) is 1.95. The zero-order valence-electron chi connectivity index (χ0n) is 19.4. The molecule has 0 bridgehead atoms. The van der Waals surface area contributed by atoms with Gasteiger partial charge in [0.25, 0.3) is 0 Å². The predicted molar refractivity (Wildman–Crippen MR) is 129 cm³/mol. The highest BCUT2D eigenvalue weighted by atomic mass is 32.2. The second-order valence-corrected chi connectivity index (χ2v) is 11.3. The quantitative estimate of drug-likeness (QED) is 0.489. The molecule has 2 unspecified atom stereocenters. The van der Waals surface area contributed by atoms with Gasteiger partial charge in [-0.1, -0.05) is 6.07 Å². The first kappa shape index (κ1) is 24.4. The van der Waals surface area contributed by atoms with Gasteiger partial charge < -0.3 is 14.3 Å². The molecule has 1 N–H and O–H groups in total. The van der Waals surface area contributed by atoms with Gasteiger partial charge in [-0.15, -0.1) is 0 Å². The number of rotatable bonds is 9. The average Bonchev–Trinajstić information content (AvgIpc) is 3.38. The molecule has 2 atom stereocenters. The molecule has 34 heavy (non-hydrogen) atoms. The summed E-state index contributed by atoms with van der Waals surface area (Å²) in [5.74, 6) is 1.83. The first-order valence-corrected chi connectivity index (χ1v) is 13.2. The summed E-state index contributed by atoms with van der Waals surface area (Å²) in [5.41, 5.74) is 2.92. The Kier molecular flexibility index (Phi) is 7.40. The summed E-state index contributed by atoms with van der Waals surface area (Å²) >= 11 is 0. The van der Waals surface area contributed by atoms with Gasteiger partial charge in [0, 0.05) is 18.2 Å². The highest BCUT2D eigenvalue weighted by Gasteiger charge is 2.33. The van der Waals surface area contributed by atoms with Crippen LogP contribution in [-0.4, -0.2) is 55.2 Å². The van der Waals surface area contributed by atoms with E-state index in [1.54, 1.807) is 12.1 Å². The molecule has 0 saturated carbocycles. The van der Waals surface area contributed by atoms with Crippen molar-refractivity contribution in [3.05, 3.63) is 77.3 Å². The van der Waals surface area contributed by atoms with Crippen LogP contribution in [0.15, 0.2) is 59.0 Å². The van der Waals surface area contributed by atoms with Gasteiger partial charge in [-0.25, -0.2) is 12.8 Å². The largest absolute Gasteiger partial charge is 0.491 e. The molecule has 4 rings (SSSR count). The van der Waals surface area contributed by atoms with E-state index in [-0.39, 0.29) is 36.5 Å². The van der Waals surface area contributed by atoms with E-state index >= 15 is 0 Å². The van der Waals surface area contributed by atoms with Crippen LogP contribution < -0.4 is 4.74 Å². The topological polar surface area (TPSA) is 80.0 Å². The van der Waals surface area contributed by atoms with E-state index in [1.807, 2.05) is 43.0 Å². The number of benzene rings is 2. The fraction of sp³-hybridized carbons (Fsp3) is 0.385. The van der Waals surface area contributed by atoms with Crippen LogP contribution in [0.1, 0.15) is 23.3 Å². The summed E-state index contributed by atoms with van der Waals surface area (Å²) in [6, 6.07) is 15.4. The Morgan fingerprint density at radius 2 is 1.82 bits per heavy atom. The Bertz CT molecular complexity index is 1200. The van der Waals surface area contributed by atoms with Crippen molar-refractivity contribution in [3.63, 3.8) is 0 Å². The molecule has 2 aromatic carbocycles. The summed E-state index contributed by atoms with van der Waals surface area (Å²) in [5, 5.41) is 10.7. The second kappa shape index (κ2) is 10.3. The maximum Gasteiger partial charge on any atom is 0.151 e. The molecule has 0 spiro atoms. The molecule has 1 fully saturated rings. The zero-order valence-corrected chi connectivity index (χ0v) is 20.2. The van der Waals surface area contributed by atoms with Crippen LogP contribution in [0.3, 0.4) is 0 Å². The van der Waals surface area contributed by atoms with Crippen LogP contribution in [0.4, 0.5) is 4.39 Å². The Morgan fingerprint density at radius 1 is 1.12 bits per heavy atom. The maximum absolute atomic E-state index is 13.2. The Hall–Kier alpha value is -2.68. The minimum Gasteiger partial charge on any atom is -0.491 e. The first-order chi connectivity index (χ1) is 16.2. The van der Waals surface area contributed by atoms with Gasteiger partial charge in [-0.2, -0.15) is 0 Å². The number of nitrogens with zero attached hydrogens (tertiary/aromatic N) is 1. The van der Waals surface area contributed by atoms with Crippen LogP contribution >= 0.6 is 0 Å². The molecular weight excluding hydrogens is 457 g/mol. The number of hydrogen-bond donors (Lipinski definition) is 1. The summed E-state index contributed by atoms with van der Waals surface area (Å²) < 4.78 is 49.2. The summed E-state index contributed by atoms with van der Waals surface area (Å²) in [7, 11) is -3.10. The Morgan fingerprint density at radius 3 is 2.47 bits per heavy atom. The SMILES string of the molecule is Cc1cc(C)cc(OCC(O)CN(Cc2ccc(-c3ccc(F)cc3)o2)C2CCS(=O)(=O)C2)c1. The lowest BCUT2D eigenvalue weighted by Crippen LogP contribution is -2.42. The number of aliphatic hydroxyl groups is 1. The van der Waals surface area contributed by atoms with E-state index in [0.29, 0.717) is 30.2 Å². The van der Waals surface area contributed by atoms with Crippen molar-refractivity contribution in [1.82, 2.24) is 4.90 Å². The summed E-state index contributed by atoms with van der Waals surface area (Å²) in [6.45, 7) is 4.67. The van der Waals surface area contributed by atoms with Crippen LogP contribution in [0.25, 0.3) is 11.3 Å². The maximum atomic E-state index is 13.2. The van der Waals surface area contributed by atoms with Crippen molar-refractivity contribution in [2.75, 3.05) is 24.7 Å². The molecule has 1 aliphatic heterocycles. The number of sulfone groups is 1. The van der Waals surface area contributed by atoms with Gasteiger partial charge in [-0.3, -0.25) is 4.90 Å². The normalized spacial score (nSPS) is 18.3. The molecular formula is C26H30FNO5S. The number of halogens is 1. The molecule has 6 nitrogen and oxygen atoms in total. The van der Waals surface area contributed by atoms with Crippen LogP contribution in [0.5, 0.6) is 5.75 Å². The summed E-state index contributed by atoms with van der Waals surface area (Å²) in [6.07, 6.45) is -0.297. The third kappa shape index (κ3) is 6.46. The molecule has 0 amide bonds. The number of aliphatic hydroxyl groups excluding tert-OH is 1. The Balaban J connectivity index is 1.44. The molecule has 1 aliphatic rings. The smallest absolute Gasteiger partial charge is 0.151 e. The van der Waals surface area contributed by atoms with Crippen molar-refractivity contribution < 1.29 is 27.1 Å². The minimum absolute atomic E-state index is 0.0587. The molecule has 3 aromatic rings. The highest BCUT2D eigenvalue weighted by molar-refractivity contribution is 7.91. The second-order valence-electron chi connectivity index (χ2n) is 9.05. The third-order valence-corrected chi connectivity index (χ3v) is 7.71. The molecule has 0 radical (unpaired) electrons. The van der Waals surface area contributed by atoms with Crippen molar-refractivity contribution in [2.24, 2.45) is 0 Å². The van der Waals surface area contributed by atoms with Gasteiger partial charge in [0.2, 0.25) is 0 Å². The van der Waals surface area contributed by atoms with Gasteiger partial charge in [0.05, 0.1) is 18.1 Å². The fourth-order valence-electron chi connectivity index (χ4n) is 4.37. The van der Waals surface area contributed by atoms with Crippen molar-refractivity contribution in [1.29, 1.82) is 0 Å². The van der Waals surface area contributed by atoms with E-state index < -0.39 is 15.9 Å². The lowest BCUT2D eigenvalue weighted by atomic mass is 10.1. The molecule has 0 aliphatic carbocycles. The Labute approximate surface area is 199 Å². The standard InChI is InChI=1S/C26H30FNO5S/c1-18-11-19(2)13-25(12-18)32-16-23(29)14-28(22-9-10-34(30,31)17-22)15-24-7-8-26(33-24)20-3-5-21(27)6-4-20/h3-8,11-13,22-23,29H,9-10,14-17H2,1-2H3. The van der Waals surface area contributed by atoms with Crippen molar-refractivity contribution >= 4 is 9.84 Å². The van der Waals surface area contributed by atoms with E-state index in [0.717, 1.165) is 16.7 Å². The predicted octanol–water partition coefficient (Wildman–Crippen LogP) is 4.13. The number of aryl methyl sites for hydroxylation is 2. The zero-order chi connectivity index (χ0) is 24.3. The molecule has 1 saturated heterocycles. The van der Waals surface area contributed by atoms with Gasteiger partial charge in [0.15, 0.2) is 9.84 Å². The van der Waals surface area contributed by atoms with Gasteiger partial charge in [-0.05, 0) is 79.9 Å². The lowest BCUT2D eigenvalue weighted by molar-refractivity contribution is 0.0497. The van der Waals surface area contributed by atoms with E-state index in [4.69, 9.17) is 9.15 Å². The van der Waals surface area contributed by atoms with E-state index in [1.165, 1.54) is 12.1 Å². The fourth-order valence-corrected chi connectivity index (χ4v) is 6.13. The first-order valence-electron chi connectivity index (χ1n) is 11.4. The van der Waals surface area contributed by atoms with Gasteiger partial charge >= 0.3 is 0 Å². The number of hydrogen-bond acceptors (Lipinski definition) is 6. The third-order valence-electron chi connectivity index (χ3n) is 5.96. The van der Waals surface area contributed by atoms with E-state index in [2.05, 4.69) is 6.07 Å². The molecule has 182 valence electrons. The molecule has 1 aromatic heterocycles. The lowest BCUT2D eigenvalue weighted by Gasteiger charge is -2.29. The van der Waals surface area contributed by atoms with Crippen LogP contribution in [0, 0.1) is 19.7 Å². The highest BCUT2D eigenvalue weighted by Crippen LogP contribution is 2.26. The van der Waals surface area contributed by atoms with Crippen LogP contribution in [0.2, 0.25) is 0 Å². The van der Waals surface area contributed by atoms with Crippen molar-refractivity contribution in [3.8, 4) is 17.1 Å². The monoisotopic (exact) mass is 487 g/mol. The molecule has 2 heterocycles. The minimum atomic E-state index is -3.10. The van der Waals surface area contributed by atoms with Crippen molar-refractivity contribution in [2.45, 2.75) is 39.0 Å². The number of furan rings is 1. The van der Waals surface area contributed by atoms with E-state index in [9.17, 15) is 17.9 Å². The van der Waals surface area contributed by atoms with Gasteiger partial charge in [0.1, 0.15) is 35.8 Å². The number of ether oxygens (including phenoxy) is 1. The van der Waals surface area contributed by atoms with Crippen LogP contribution in [-0.2, 0) is 16.4 Å². The molecule has 8 heteroatoms.